The van der Waals surface area contributed by atoms with E-state index in [2.05, 4.69) is 40.2 Å². The normalized spacial score (nSPS) is 18.1. The quantitative estimate of drug-likeness (QED) is 0.897. The molecule has 0 atom stereocenters. The molecule has 1 aliphatic rings. The van der Waals surface area contributed by atoms with Crippen LogP contribution in [0.25, 0.3) is 0 Å². The van der Waals surface area contributed by atoms with Crippen molar-refractivity contribution in [1.29, 1.82) is 0 Å². The maximum Gasteiger partial charge on any atom is 0.0934 e. The van der Waals surface area contributed by atoms with Crippen molar-refractivity contribution in [2.24, 2.45) is 5.73 Å². The molecule has 1 saturated carbocycles. The maximum absolute atomic E-state index is 5.78. The zero-order valence-electron chi connectivity index (χ0n) is 8.00. The van der Waals surface area contributed by atoms with Gasteiger partial charge in [0.15, 0.2) is 0 Å². The van der Waals surface area contributed by atoms with E-state index in [1.165, 1.54) is 5.56 Å². The van der Waals surface area contributed by atoms with Crippen LogP contribution in [0.15, 0.2) is 28.7 Å². The molecule has 2 N–H and O–H groups in total. The summed E-state index contributed by atoms with van der Waals surface area (Å²) in [5.74, 6) is 0. The molecule has 0 heterocycles. The Bertz CT molecular complexity index is 306. The molecule has 2 nitrogen and oxygen atoms in total. The van der Waals surface area contributed by atoms with E-state index in [1.807, 2.05) is 0 Å². The molecule has 0 spiro atoms. The van der Waals surface area contributed by atoms with Crippen LogP contribution in [-0.4, -0.2) is 13.2 Å². The summed E-state index contributed by atoms with van der Waals surface area (Å²) in [4.78, 5) is 0. The average molecular weight is 256 g/mol. The lowest BCUT2D eigenvalue weighted by Gasteiger charge is -2.16. The summed E-state index contributed by atoms with van der Waals surface area (Å²) in [5, 5.41) is 0. The first kappa shape index (κ1) is 10.1. The molecule has 3 heteroatoms. The van der Waals surface area contributed by atoms with Gasteiger partial charge < -0.3 is 10.5 Å². The predicted molar refractivity (Wildman–Crippen MR) is 60.1 cm³/mol. The second-order valence-electron chi connectivity index (χ2n) is 3.64. The highest BCUT2D eigenvalue weighted by atomic mass is 79.9. The summed E-state index contributed by atoms with van der Waals surface area (Å²) >= 11 is 3.42. The molecule has 1 fully saturated rings. The average Bonchev–Trinajstić information content (AvgIpc) is 2.97. The van der Waals surface area contributed by atoms with E-state index in [-0.39, 0.29) is 5.60 Å². The Morgan fingerprint density at radius 1 is 1.29 bits per heavy atom. The van der Waals surface area contributed by atoms with Crippen molar-refractivity contribution in [3.05, 3.63) is 34.3 Å². The fraction of sp³-hybridized carbons (Fsp3) is 0.455. The van der Waals surface area contributed by atoms with Gasteiger partial charge in [0.05, 0.1) is 12.2 Å². The summed E-state index contributed by atoms with van der Waals surface area (Å²) in [5.41, 5.74) is 6.69. The molecule has 0 amide bonds. The second kappa shape index (κ2) is 4.01. The minimum atomic E-state index is -0.0138. The van der Waals surface area contributed by atoms with Gasteiger partial charge in [-0.05, 0) is 30.5 Å². The lowest BCUT2D eigenvalue weighted by Crippen LogP contribution is -2.17. The molecule has 1 aliphatic carbocycles. The Balaban J connectivity index is 2.10. The number of hydrogen-bond acceptors (Lipinski definition) is 2. The van der Waals surface area contributed by atoms with Crippen molar-refractivity contribution < 1.29 is 4.74 Å². The van der Waals surface area contributed by atoms with Crippen LogP contribution in [0.4, 0.5) is 0 Å². The van der Waals surface area contributed by atoms with E-state index in [0.717, 1.165) is 17.3 Å². The van der Waals surface area contributed by atoms with Gasteiger partial charge in [0.25, 0.3) is 0 Å². The van der Waals surface area contributed by atoms with Gasteiger partial charge in [-0.3, -0.25) is 0 Å². The van der Waals surface area contributed by atoms with Crippen molar-refractivity contribution in [2.45, 2.75) is 18.4 Å². The predicted octanol–water partition coefficient (Wildman–Crippen LogP) is 2.41. The van der Waals surface area contributed by atoms with E-state index in [9.17, 15) is 0 Å². The van der Waals surface area contributed by atoms with Gasteiger partial charge in [0.2, 0.25) is 0 Å². The van der Waals surface area contributed by atoms with Gasteiger partial charge >= 0.3 is 0 Å². The Morgan fingerprint density at radius 2 is 1.93 bits per heavy atom. The summed E-state index contributed by atoms with van der Waals surface area (Å²) in [6.07, 6.45) is 2.24. The Labute approximate surface area is 92.6 Å². The first-order chi connectivity index (χ1) is 6.77. The Kier molecular flexibility index (Phi) is 2.91. The highest BCUT2D eigenvalue weighted by Gasteiger charge is 2.45. The molecule has 2 rings (SSSR count). The van der Waals surface area contributed by atoms with Crippen LogP contribution in [0.2, 0.25) is 0 Å². The van der Waals surface area contributed by atoms with Crippen molar-refractivity contribution in [3.8, 4) is 0 Å². The fourth-order valence-corrected chi connectivity index (χ4v) is 1.90. The summed E-state index contributed by atoms with van der Waals surface area (Å²) in [6, 6.07) is 8.35. The van der Waals surface area contributed by atoms with Crippen LogP contribution in [-0.2, 0) is 10.3 Å². The molecule has 0 unspecified atom stereocenters. The van der Waals surface area contributed by atoms with Crippen LogP contribution in [0.1, 0.15) is 18.4 Å². The van der Waals surface area contributed by atoms with E-state index in [4.69, 9.17) is 10.5 Å². The summed E-state index contributed by atoms with van der Waals surface area (Å²) < 4.78 is 6.88. The van der Waals surface area contributed by atoms with Gasteiger partial charge in [-0.2, -0.15) is 0 Å². The van der Waals surface area contributed by atoms with Crippen molar-refractivity contribution in [1.82, 2.24) is 0 Å². The molecule has 76 valence electrons. The summed E-state index contributed by atoms with van der Waals surface area (Å²) in [7, 11) is 0. The highest BCUT2D eigenvalue weighted by Crippen LogP contribution is 2.49. The number of benzene rings is 1. The van der Waals surface area contributed by atoms with E-state index < -0.39 is 0 Å². The highest BCUT2D eigenvalue weighted by molar-refractivity contribution is 9.10. The first-order valence-electron chi connectivity index (χ1n) is 4.87. The Morgan fingerprint density at radius 3 is 2.43 bits per heavy atom. The molecular formula is C11H14BrNO. The van der Waals surface area contributed by atoms with Gasteiger partial charge in [-0.1, -0.05) is 28.1 Å². The Hall–Kier alpha value is -0.380. The van der Waals surface area contributed by atoms with E-state index in [1.54, 1.807) is 0 Å². The van der Waals surface area contributed by atoms with E-state index in [0.29, 0.717) is 13.2 Å². The molecular weight excluding hydrogens is 242 g/mol. The lowest BCUT2D eigenvalue weighted by molar-refractivity contribution is 0.0356. The zero-order valence-corrected chi connectivity index (χ0v) is 9.59. The third-order valence-electron chi connectivity index (χ3n) is 2.57. The molecule has 0 saturated heterocycles. The largest absolute Gasteiger partial charge is 0.369 e. The number of nitrogens with two attached hydrogens (primary N) is 1. The van der Waals surface area contributed by atoms with Crippen molar-refractivity contribution in [3.63, 3.8) is 0 Å². The zero-order chi connectivity index (χ0) is 10.0. The SMILES string of the molecule is NCCOC1(c2ccc(Br)cc2)CC1. The lowest BCUT2D eigenvalue weighted by atomic mass is 10.1. The summed E-state index contributed by atoms with van der Waals surface area (Å²) in [6.45, 7) is 1.24. The second-order valence-corrected chi connectivity index (χ2v) is 4.55. The molecule has 14 heavy (non-hydrogen) atoms. The molecule has 0 bridgehead atoms. The van der Waals surface area contributed by atoms with E-state index >= 15 is 0 Å². The van der Waals surface area contributed by atoms with Crippen LogP contribution in [0, 0.1) is 0 Å². The first-order valence-corrected chi connectivity index (χ1v) is 5.66. The fourth-order valence-electron chi connectivity index (χ4n) is 1.64. The molecule has 0 aromatic heterocycles. The van der Waals surface area contributed by atoms with Crippen LogP contribution >= 0.6 is 15.9 Å². The number of rotatable bonds is 4. The van der Waals surface area contributed by atoms with Gasteiger partial charge in [0.1, 0.15) is 0 Å². The van der Waals surface area contributed by atoms with Crippen molar-refractivity contribution in [2.75, 3.05) is 13.2 Å². The third kappa shape index (κ3) is 2.00. The number of halogens is 1. The minimum Gasteiger partial charge on any atom is -0.369 e. The van der Waals surface area contributed by atoms with Gasteiger partial charge in [-0.15, -0.1) is 0 Å². The monoisotopic (exact) mass is 255 g/mol. The van der Waals surface area contributed by atoms with Crippen LogP contribution < -0.4 is 5.73 Å². The molecule has 0 radical (unpaired) electrons. The standard InChI is InChI=1S/C11H14BrNO/c12-10-3-1-9(2-4-10)11(5-6-11)14-8-7-13/h1-4H,5-8,13H2. The maximum atomic E-state index is 5.78. The van der Waals surface area contributed by atoms with Crippen LogP contribution in [0.5, 0.6) is 0 Å². The topological polar surface area (TPSA) is 35.2 Å². The minimum absolute atomic E-state index is 0.0138. The van der Waals surface area contributed by atoms with Crippen molar-refractivity contribution >= 4 is 15.9 Å². The van der Waals surface area contributed by atoms with Gasteiger partial charge in [-0.25, -0.2) is 0 Å². The van der Waals surface area contributed by atoms with Gasteiger partial charge in [0, 0.05) is 11.0 Å². The smallest absolute Gasteiger partial charge is 0.0934 e. The number of hydrogen-bond donors (Lipinski definition) is 1. The third-order valence-corrected chi connectivity index (χ3v) is 3.10. The number of ether oxygens (including phenoxy) is 1. The van der Waals surface area contributed by atoms with Crippen LogP contribution in [0.3, 0.4) is 0 Å². The molecule has 0 aliphatic heterocycles. The molecule has 1 aromatic rings. The molecule has 1 aromatic carbocycles.